The zero-order valence-electron chi connectivity index (χ0n) is 11.1. The van der Waals surface area contributed by atoms with Crippen LogP contribution in [0.4, 0.5) is 10.1 Å². The number of carbonyl (C=O) groups excluding carboxylic acids is 1. The first kappa shape index (κ1) is 16.1. The third kappa shape index (κ3) is 4.63. The van der Waals surface area contributed by atoms with E-state index in [0.29, 0.717) is 20.6 Å². The average Bonchev–Trinajstić information content (AvgIpc) is 2.40. The van der Waals surface area contributed by atoms with Crippen molar-refractivity contribution in [3.05, 3.63) is 58.3 Å². The van der Waals surface area contributed by atoms with E-state index in [0.717, 1.165) is 11.8 Å². The summed E-state index contributed by atoms with van der Waals surface area (Å²) in [6.07, 6.45) is 0. The molecule has 1 atom stereocenters. The van der Waals surface area contributed by atoms with Crippen molar-refractivity contribution in [1.82, 2.24) is 0 Å². The lowest BCUT2D eigenvalue weighted by Crippen LogP contribution is -2.22. The van der Waals surface area contributed by atoms with Gasteiger partial charge in [0.05, 0.1) is 5.25 Å². The number of benzene rings is 2. The van der Waals surface area contributed by atoms with Crippen molar-refractivity contribution in [2.45, 2.75) is 17.1 Å². The van der Waals surface area contributed by atoms with Crippen molar-refractivity contribution in [3.8, 4) is 0 Å². The van der Waals surface area contributed by atoms with Gasteiger partial charge in [0, 0.05) is 20.6 Å². The van der Waals surface area contributed by atoms with Gasteiger partial charge in [-0.2, -0.15) is 0 Å². The number of amides is 1. The monoisotopic (exact) mass is 343 g/mol. The Bertz CT molecular complexity index is 646. The van der Waals surface area contributed by atoms with Gasteiger partial charge in [-0.05, 0) is 37.3 Å². The molecule has 0 fully saturated rings. The molecule has 0 saturated heterocycles. The summed E-state index contributed by atoms with van der Waals surface area (Å²) in [7, 11) is 0. The Hall–Kier alpha value is -1.23. The van der Waals surface area contributed by atoms with E-state index in [1.54, 1.807) is 43.3 Å². The predicted molar refractivity (Wildman–Crippen MR) is 86.8 cm³/mol. The third-order valence-electron chi connectivity index (χ3n) is 2.64. The van der Waals surface area contributed by atoms with Crippen LogP contribution in [0.3, 0.4) is 0 Å². The number of anilines is 1. The molecule has 0 aromatic heterocycles. The summed E-state index contributed by atoms with van der Waals surface area (Å²) in [5.74, 6) is -0.588. The summed E-state index contributed by atoms with van der Waals surface area (Å²) in [6.45, 7) is 1.71. The van der Waals surface area contributed by atoms with Crippen LogP contribution in [0, 0.1) is 5.82 Å². The van der Waals surface area contributed by atoms with Gasteiger partial charge in [-0.15, -0.1) is 11.8 Å². The van der Waals surface area contributed by atoms with Crippen LogP contribution in [0.2, 0.25) is 10.0 Å². The molecule has 1 amide bonds. The van der Waals surface area contributed by atoms with Crippen molar-refractivity contribution < 1.29 is 9.18 Å². The van der Waals surface area contributed by atoms with Crippen LogP contribution in [0.25, 0.3) is 0 Å². The zero-order chi connectivity index (χ0) is 15.4. The first-order valence-corrected chi connectivity index (χ1v) is 7.77. The maximum Gasteiger partial charge on any atom is 0.237 e. The summed E-state index contributed by atoms with van der Waals surface area (Å²) < 4.78 is 13.6. The molecule has 0 bridgehead atoms. The molecule has 2 aromatic rings. The van der Waals surface area contributed by atoms with Crippen LogP contribution in [-0.4, -0.2) is 11.2 Å². The molecular weight excluding hydrogens is 332 g/mol. The van der Waals surface area contributed by atoms with E-state index < -0.39 is 5.25 Å². The Balaban J connectivity index is 2.04. The summed E-state index contributed by atoms with van der Waals surface area (Å²) in [4.78, 5) is 12.5. The topological polar surface area (TPSA) is 29.1 Å². The van der Waals surface area contributed by atoms with Crippen molar-refractivity contribution in [3.63, 3.8) is 0 Å². The molecular formula is C15H12Cl2FNOS. The highest BCUT2D eigenvalue weighted by molar-refractivity contribution is 8.00. The van der Waals surface area contributed by atoms with Gasteiger partial charge in [0.2, 0.25) is 5.91 Å². The molecule has 110 valence electrons. The van der Waals surface area contributed by atoms with Gasteiger partial charge in [-0.25, -0.2) is 4.39 Å². The molecule has 2 rings (SSSR count). The van der Waals surface area contributed by atoms with Crippen LogP contribution >= 0.6 is 35.0 Å². The molecule has 0 unspecified atom stereocenters. The summed E-state index contributed by atoms with van der Waals surface area (Å²) >= 11 is 12.9. The maximum absolute atomic E-state index is 13.6. The fourth-order valence-electron chi connectivity index (χ4n) is 1.65. The molecule has 0 saturated carbocycles. The lowest BCUT2D eigenvalue weighted by Gasteiger charge is -2.13. The minimum absolute atomic E-state index is 0.249. The van der Waals surface area contributed by atoms with Crippen LogP contribution in [-0.2, 0) is 4.79 Å². The molecule has 0 aliphatic heterocycles. The second kappa shape index (κ2) is 7.16. The predicted octanol–water partition coefficient (Wildman–Crippen LogP) is 5.25. The molecule has 0 radical (unpaired) electrons. The minimum atomic E-state index is -0.459. The Morgan fingerprint density at radius 3 is 2.43 bits per heavy atom. The van der Waals surface area contributed by atoms with Gasteiger partial charge in [-0.1, -0.05) is 35.3 Å². The van der Waals surface area contributed by atoms with E-state index in [9.17, 15) is 9.18 Å². The van der Waals surface area contributed by atoms with Crippen LogP contribution in [0.15, 0.2) is 47.4 Å². The highest BCUT2D eigenvalue weighted by Gasteiger charge is 2.16. The number of hydrogen-bond acceptors (Lipinski definition) is 2. The molecule has 2 aromatic carbocycles. The number of nitrogens with one attached hydrogen (secondary N) is 1. The van der Waals surface area contributed by atoms with Crippen molar-refractivity contribution in [2.75, 3.05) is 5.32 Å². The number of rotatable bonds is 4. The van der Waals surface area contributed by atoms with Gasteiger partial charge >= 0.3 is 0 Å². The Kier molecular flexibility index (Phi) is 5.51. The third-order valence-corrected chi connectivity index (χ3v) is 4.23. The minimum Gasteiger partial charge on any atom is -0.325 e. The van der Waals surface area contributed by atoms with E-state index in [4.69, 9.17) is 23.2 Å². The Labute approximate surface area is 136 Å². The van der Waals surface area contributed by atoms with E-state index in [2.05, 4.69) is 5.32 Å². The molecule has 0 aliphatic carbocycles. The lowest BCUT2D eigenvalue weighted by atomic mass is 10.3. The molecule has 0 aliphatic rings. The molecule has 0 heterocycles. The van der Waals surface area contributed by atoms with Crippen LogP contribution < -0.4 is 5.32 Å². The fourth-order valence-corrected chi connectivity index (χ4v) is 3.06. The van der Waals surface area contributed by atoms with Gasteiger partial charge in [0.15, 0.2) is 0 Å². The number of halogens is 3. The molecule has 6 heteroatoms. The number of thioether (sulfide) groups is 1. The van der Waals surface area contributed by atoms with Gasteiger partial charge in [0.25, 0.3) is 0 Å². The normalized spacial score (nSPS) is 12.0. The lowest BCUT2D eigenvalue weighted by molar-refractivity contribution is -0.115. The average molecular weight is 344 g/mol. The SMILES string of the molecule is C[C@H](Sc1ccccc1F)C(=O)Nc1cc(Cl)cc(Cl)c1. The summed E-state index contributed by atoms with van der Waals surface area (Å²) in [5, 5.41) is 3.13. The second-order valence-electron chi connectivity index (χ2n) is 4.34. The second-order valence-corrected chi connectivity index (χ2v) is 6.59. The number of hydrogen-bond donors (Lipinski definition) is 1. The van der Waals surface area contributed by atoms with Gasteiger partial charge in [-0.3, -0.25) is 4.79 Å². The quantitative estimate of drug-likeness (QED) is 0.768. The van der Waals surface area contributed by atoms with E-state index in [1.807, 2.05) is 0 Å². The summed E-state index contributed by atoms with van der Waals surface area (Å²) in [6, 6.07) is 11.1. The van der Waals surface area contributed by atoms with Crippen molar-refractivity contribution in [1.29, 1.82) is 0 Å². The maximum atomic E-state index is 13.6. The highest BCUT2D eigenvalue weighted by Crippen LogP contribution is 2.27. The highest BCUT2D eigenvalue weighted by atomic mass is 35.5. The molecule has 2 nitrogen and oxygen atoms in total. The molecule has 0 spiro atoms. The standard InChI is InChI=1S/C15H12Cl2FNOS/c1-9(21-14-5-3-2-4-13(14)18)15(20)19-12-7-10(16)6-11(17)8-12/h2-9H,1H3,(H,19,20)/t9-/m0/s1. The smallest absolute Gasteiger partial charge is 0.237 e. The van der Waals surface area contributed by atoms with Gasteiger partial charge < -0.3 is 5.32 Å². The van der Waals surface area contributed by atoms with E-state index >= 15 is 0 Å². The largest absolute Gasteiger partial charge is 0.325 e. The van der Waals surface area contributed by atoms with Crippen LogP contribution in [0.5, 0.6) is 0 Å². The Morgan fingerprint density at radius 1 is 1.19 bits per heavy atom. The van der Waals surface area contributed by atoms with Crippen LogP contribution in [0.1, 0.15) is 6.92 Å². The molecule has 21 heavy (non-hydrogen) atoms. The van der Waals surface area contributed by atoms with Crippen molar-refractivity contribution >= 4 is 46.6 Å². The first-order valence-electron chi connectivity index (χ1n) is 6.14. The van der Waals surface area contributed by atoms with E-state index in [-0.39, 0.29) is 11.7 Å². The fraction of sp³-hybridized carbons (Fsp3) is 0.133. The van der Waals surface area contributed by atoms with E-state index in [1.165, 1.54) is 6.07 Å². The Morgan fingerprint density at radius 2 is 1.81 bits per heavy atom. The zero-order valence-corrected chi connectivity index (χ0v) is 13.4. The first-order chi connectivity index (χ1) is 9.95. The number of carbonyl (C=O) groups is 1. The molecule has 1 N–H and O–H groups in total. The van der Waals surface area contributed by atoms with Crippen molar-refractivity contribution in [2.24, 2.45) is 0 Å². The summed E-state index contributed by atoms with van der Waals surface area (Å²) in [5.41, 5.74) is 0.512. The van der Waals surface area contributed by atoms with Gasteiger partial charge in [0.1, 0.15) is 5.82 Å².